The van der Waals surface area contributed by atoms with Gasteiger partial charge in [-0.1, -0.05) is 55.5 Å². The molecule has 0 radical (unpaired) electrons. The first-order chi connectivity index (χ1) is 14.5. The first-order valence-corrected chi connectivity index (χ1v) is 10.5. The average Bonchev–Trinajstić information content (AvgIpc) is 3.08. The molecule has 0 unspecified atom stereocenters. The van der Waals surface area contributed by atoms with Gasteiger partial charge in [0.2, 0.25) is 5.95 Å². The minimum absolute atomic E-state index is 0.432. The molecule has 0 saturated carbocycles. The zero-order valence-corrected chi connectivity index (χ0v) is 17.8. The Bertz CT molecular complexity index is 1150. The highest BCUT2D eigenvalue weighted by molar-refractivity contribution is 6.07. The van der Waals surface area contributed by atoms with Crippen molar-refractivity contribution in [1.29, 1.82) is 0 Å². The van der Waals surface area contributed by atoms with Crippen molar-refractivity contribution in [3.8, 4) is 0 Å². The predicted molar refractivity (Wildman–Crippen MR) is 124 cm³/mol. The van der Waals surface area contributed by atoms with Gasteiger partial charge in [0.1, 0.15) is 5.52 Å². The fourth-order valence-electron chi connectivity index (χ4n) is 3.65. The molecule has 2 heterocycles. The van der Waals surface area contributed by atoms with E-state index >= 15 is 0 Å². The lowest BCUT2D eigenvalue weighted by atomic mass is 10.1. The number of nitrogens with zero attached hydrogens (tertiary/aromatic N) is 3. The van der Waals surface area contributed by atoms with Gasteiger partial charge in [-0.2, -0.15) is 0 Å². The molecule has 0 bridgehead atoms. The summed E-state index contributed by atoms with van der Waals surface area (Å²) in [7, 11) is 0. The molecule has 3 N–H and O–H groups in total. The molecular weight excluding hydrogens is 374 g/mol. The molecule has 6 nitrogen and oxygen atoms in total. The van der Waals surface area contributed by atoms with E-state index in [4.69, 9.17) is 9.97 Å². The molecule has 30 heavy (non-hydrogen) atoms. The number of benzene rings is 2. The third kappa shape index (κ3) is 4.24. The van der Waals surface area contributed by atoms with Gasteiger partial charge in [0.25, 0.3) is 0 Å². The van der Waals surface area contributed by atoms with Gasteiger partial charge in [-0.3, -0.25) is 0 Å². The molecule has 4 rings (SSSR count). The monoisotopic (exact) mass is 403 g/mol. The highest BCUT2D eigenvalue weighted by atomic mass is 16.3. The Labute approximate surface area is 177 Å². The van der Waals surface area contributed by atoms with Gasteiger partial charge in [0.05, 0.1) is 23.2 Å². The van der Waals surface area contributed by atoms with Crippen molar-refractivity contribution in [3.63, 3.8) is 0 Å². The van der Waals surface area contributed by atoms with Gasteiger partial charge in [-0.25, -0.2) is 9.97 Å². The normalized spacial score (nSPS) is 11.9. The van der Waals surface area contributed by atoms with Crippen LogP contribution in [0.25, 0.3) is 21.9 Å². The molecular formula is C24H29N5O. The second-order valence-corrected chi connectivity index (χ2v) is 8.27. The number of hydrogen-bond acceptors (Lipinski definition) is 5. The zero-order valence-electron chi connectivity index (χ0n) is 17.8. The smallest absolute Gasteiger partial charge is 0.204 e. The van der Waals surface area contributed by atoms with Crippen LogP contribution in [0.3, 0.4) is 0 Å². The zero-order chi connectivity index (χ0) is 21.1. The summed E-state index contributed by atoms with van der Waals surface area (Å²) in [5, 5.41) is 18.5. The third-order valence-electron chi connectivity index (χ3n) is 4.96. The number of aromatic nitrogens is 3. The van der Waals surface area contributed by atoms with Crippen LogP contribution in [0.2, 0.25) is 0 Å². The maximum atomic E-state index is 10.6. The lowest BCUT2D eigenvalue weighted by Gasteiger charge is -2.21. The van der Waals surface area contributed by atoms with Crippen LogP contribution in [-0.4, -0.2) is 31.8 Å². The Balaban J connectivity index is 1.88. The molecule has 4 aromatic rings. The number of anilines is 2. The number of rotatable bonds is 8. The number of aliphatic hydroxyl groups is 1. The van der Waals surface area contributed by atoms with E-state index in [1.54, 1.807) is 0 Å². The minimum atomic E-state index is -0.877. The summed E-state index contributed by atoms with van der Waals surface area (Å²) in [6.07, 6.45) is 0.990. The minimum Gasteiger partial charge on any atom is -0.389 e. The molecule has 0 aliphatic carbocycles. The van der Waals surface area contributed by atoms with E-state index in [0.29, 0.717) is 13.1 Å². The molecule has 0 atom stereocenters. The Morgan fingerprint density at radius 3 is 2.43 bits per heavy atom. The Morgan fingerprint density at radius 1 is 0.967 bits per heavy atom. The van der Waals surface area contributed by atoms with Crippen LogP contribution >= 0.6 is 0 Å². The van der Waals surface area contributed by atoms with E-state index in [1.807, 2.05) is 50.2 Å². The van der Waals surface area contributed by atoms with Crippen molar-refractivity contribution in [1.82, 2.24) is 14.5 Å². The molecule has 0 aliphatic rings. The molecule has 0 fully saturated rings. The molecule has 2 aromatic carbocycles. The summed E-state index contributed by atoms with van der Waals surface area (Å²) in [5.41, 5.74) is 3.00. The van der Waals surface area contributed by atoms with Gasteiger partial charge in [0.15, 0.2) is 5.82 Å². The maximum Gasteiger partial charge on any atom is 0.204 e. The van der Waals surface area contributed by atoms with Gasteiger partial charge >= 0.3 is 0 Å². The Kier molecular flexibility index (Phi) is 5.59. The first-order valence-electron chi connectivity index (χ1n) is 10.5. The van der Waals surface area contributed by atoms with Crippen molar-refractivity contribution in [2.45, 2.75) is 45.9 Å². The van der Waals surface area contributed by atoms with Crippen LogP contribution in [0.4, 0.5) is 11.8 Å². The second kappa shape index (κ2) is 8.32. The third-order valence-corrected chi connectivity index (χ3v) is 4.96. The molecule has 156 valence electrons. The largest absolute Gasteiger partial charge is 0.389 e. The standard InChI is InChI=1S/C24H29N5O/c1-4-14-25-23-28-20-21(29(23)16-24(2,3)30)18-12-8-9-13-19(18)27-22(20)26-15-17-10-6-5-7-11-17/h5-13,30H,4,14-16H2,1-3H3,(H,25,28)(H,26,27). The van der Waals surface area contributed by atoms with E-state index in [2.05, 4.69) is 40.3 Å². The van der Waals surface area contributed by atoms with Crippen molar-refractivity contribution in [2.75, 3.05) is 17.2 Å². The summed E-state index contributed by atoms with van der Waals surface area (Å²) in [6.45, 7) is 7.67. The fourth-order valence-corrected chi connectivity index (χ4v) is 3.65. The average molecular weight is 404 g/mol. The van der Waals surface area contributed by atoms with E-state index in [-0.39, 0.29) is 0 Å². The first kappa shape index (κ1) is 20.2. The summed E-state index contributed by atoms with van der Waals surface area (Å²) in [4.78, 5) is 9.78. The van der Waals surface area contributed by atoms with E-state index in [0.717, 1.165) is 46.7 Å². The van der Waals surface area contributed by atoms with Gasteiger partial charge in [-0.05, 0) is 31.9 Å². The van der Waals surface area contributed by atoms with Crippen LogP contribution in [0.5, 0.6) is 0 Å². The summed E-state index contributed by atoms with van der Waals surface area (Å²) >= 11 is 0. The second-order valence-electron chi connectivity index (χ2n) is 8.27. The number of hydrogen-bond donors (Lipinski definition) is 3. The van der Waals surface area contributed by atoms with E-state index in [1.165, 1.54) is 5.56 Å². The van der Waals surface area contributed by atoms with Gasteiger partial charge in [-0.15, -0.1) is 0 Å². The van der Waals surface area contributed by atoms with Crippen LogP contribution in [0.15, 0.2) is 54.6 Å². The van der Waals surface area contributed by atoms with Crippen LogP contribution < -0.4 is 10.6 Å². The molecule has 0 saturated heterocycles. The van der Waals surface area contributed by atoms with Crippen molar-refractivity contribution < 1.29 is 5.11 Å². The maximum absolute atomic E-state index is 10.6. The number of para-hydroxylation sites is 1. The highest BCUT2D eigenvalue weighted by Gasteiger charge is 2.23. The fraction of sp³-hybridized carbons (Fsp3) is 0.333. The SMILES string of the molecule is CCCNc1nc2c(NCc3ccccc3)nc3ccccc3c2n1CC(C)(C)O. The van der Waals surface area contributed by atoms with Crippen LogP contribution in [-0.2, 0) is 13.1 Å². The molecule has 0 spiro atoms. The van der Waals surface area contributed by atoms with E-state index in [9.17, 15) is 5.11 Å². The predicted octanol–water partition coefficient (Wildman–Crippen LogP) is 4.79. The van der Waals surface area contributed by atoms with Gasteiger partial charge in [0, 0.05) is 18.5 Å². The molecule has 2 aromatic heterocycles. The number of nitrogens with one attached hydrogen (secondary N) is 2. The highest BCUT2D eigenvalue weighted by Crippen LogP contribution is 2.33. The van der Waals surface area contributed by atoms with Gasteiger partial charge < -0.3 is 20.3 Å². The Morgan fingerprint density at radius 2 is 1.70 bits per heavy atom. The number of fused-ring (bicyclic) bond motifs is 3. The molecule has 0 aliphatic heterocycles. The topological polar surface area (TPSA) is 75.0 Å². The van der Waals surface area contributed by atoms with Crippen molar-refractivity contribution in [2.24, 2.45) is 0 Å². The number of pyridine rings is 1. The van der Waals surface area contributed by atoms with Crippen LogP contribution in [0.1, 0.15) is 32.8 Å². The lowest BCUT2D eigenvalue weighted by Crippen LogP contribution is -2.27. The molecule has 6 heteroatoms. The molecule has 0 amide bonds. The van der Waals surface area contributed by atoms with Crippen molar-refractivity contribution >= 4 is 33.7 Å². The quantitative estimate of drug-likeness (QED) is 0.394. The van der Waals surface area contributed by atoms with Crippen LogP contribution in [0, 0.1) is 0 Å². The summed E-state index contributed by atoms with van der Waals surface area (Å²) in [6, 6.07) is 18.4. The Hall–Kier alpha value is -3.12. The van der Waals surface area contributed by atoms with Crippen molar-refractivity contribution in [3.05, 3.63) is 60.2 Å². The lowest BCUT2D eigenvalue weighted by molar-refractivity contribution is 0.0633. The van der Waals surface area contributed by atoms with E-state index < -0.39 is 5.60 Å². The number of imidazole rings is 1. The summed E-state index contributed by atoms with van der Waals surface area (Å²) in [5.74, 6) is 1.51. The summed E-state index contributed by atoms with van der Waals surface area (Å²) < 4.78 is 2.09.